The number of benzene rings is 1. The summed E-state index contributed by atoms with van der Waals surface area (Å²) in [4.78, 5) is 0. The van der Waals surface area contributed by atoms with Crippen LogP contribution in [0.3, 0.4) is 0 Å². The van der Waals surface area contributed by atoms with E-state index in [-0.39, 0.29) is 0 Å². The van der Waals surface area contributed by atoms with Gasteiger partial charge >= 0.3 is 6.18 Å². The monoisotopic (exact) mass is 312 g/mol. The third-order valence-electron chi connectivity index (χ3n) is 4.16. The van der Waals surface area contributed by atoms with Gasteiger partial charge in [0.25, 0.3) is 0 Å². The molecule has 0 bridgehead atoms. The normalized spacial score (nSPS) is 13.2. The van der Waals surface area contributed by atoms with Crippen molar-refractivity contribution in [3.63, 3.8) is 0 Å². The summed E-state index contributed by atoms with van der Waals surface area (Å²) in [5.74, 6) is 0.602. The summed E-state index contributed by atoms with van der Waals surface area (Å²) in [6, 6.07) is 4.47. The molecule has 0 fully saturated rings. The zero-order chi connectivity index (χ0) is 16.8. The average Bonchev–Trinajstić information content (AvgIpc) is 2.44. The van der Waals surface area contributed by atoms with Gasteiger partial charge < -0.3 is 0 Å². The standard InChI is InChI=1S/C19H27F3/c1-5-8-14(3)11-12-15(4)13-17-16(6-2)9-7-10-18(17)19(20,21)22/h7,9-10,14H,4-6,8,11-13H2,1-3H3. The van der Waals surface area contributed by atoms with Gasteiger partial charge in [0.15, 0.2) is 0 Å². The van der Waals surface area contributed by atoms with E-state index in [9.17, 15) is 13.2 Å². The maximum Gasteiger partial charge on any atom is 0.416 e. The second-order valence-electron chi connectivity index (χ2n) is 6.15. The van der Waals surface area contributed by atoms with Crippen molar-refractivity contribution in [2.45, 2.75) is 65.5 Å². The highest BCUT2D eigenvalue weighted by Gasteiger charge is 2.33. The summed E-state index contributed by atoms with van der Waals surface area (Å²) in [5, 5.41) is 0. The number of aryl methyl sites for hydroxylation is 1. The van der Waals surface area contributed by atoms with E-state index in [0.717, 1.165) is 36.8 Å². The van der Waals surface area contributed by atoms with E-state index >= 15 is 0 Å². The van der Waals surface area contributed by atoms with E-state index in [1.807, 2.05) is 6.92 Å². The van der Waals surface area contributed by atoms with Crippen LogP contribution in [0.2, 0.25) is 0 Å². The summed E-state index contributed by atoms with van der Waals surface area (Å²) in [7, 11) is 0. The number of alkyl halides is 3. The fraction of sp³-hybridized carbons (Fsp3) is 0.579. The molecule has 0 aromatic heterocycles. The van der Waals surface area contributed by atoms with Crippen LogP contribution in [0, 0.1) is 5.92 Å². The lowest BCUT2D eigenvalue weighted by Crippen LogP contribution is -2.12. The second kappa shape index (κ2) is 8.40. The van der Waals surface area contributed by atoms with Gasteiger partial charge in [0.2, 0.25) is 0 Å². The molecule has 1 aromatic carbocycles. The molecule has 0 aliphatic carbocycles. The van der Waals surface area contributed by atoms with Crippen LogP contribution >= 0.6 is 0 Å². The highest BCUT2D eigenvalue weighted by Crippen LogP contribution is 2.35. The highest BCUT2D eigenvalue weighted by atomic mass is 19.4. The molecule has 124 valence electrons. The van der Waals surface area contributed by atoms with Crippen LogP contribution in [0.1, 0.15) is 63.1 Å². The van der Waals surface area contributed by atoms with E-state index in [0.29, 0.717) is 24.3 Å². The maximum absolute atomic E-state index is 13.2. The predicted octanol–water partition coefficient (Wildman–Crippen LogP) is 6.58. The molecule has 0 nitrogen and oxygen atoms in total. The summed E-state index contributed by atoms with van der Waals surface area (Å²) in [5.41, 5.74) is 1.58. The van der Waals surface area contributed by atoms with Gasteiger partial charge in [0.05, 0.1) is 5.56 Å². The average molecular weight is 312 g/mol. The predicted molar refractivity (Wildman–Crippen MR) is 87.0 cm³/mol. The lowest BCUT2D eigenvalue weighted by atomic mass is 9.90. The molecule has 0 aliphatic rings. The third-order valence-corrected chi connectivity index (χ3v) is 4.16. The van der Waals surface area contributed by atoms with E-state index in [4.69, 9.17) is 0 Å². The Kier molecular flexibility index (Phi) is 7.18. The van der Waals surface area contributed by atoms with Gasteiger partial charge in [-0.15, -0.1) is 0 Å². The molecule has 0 spiro atoms. The number of hydrogen-bond acceptors (Lipinski definition) is 0. The minimum absolute atomic E-state index is 0.331. The van der Waals surface area contributed by atoms with Gasteiger partial charge in [-0.1, -0.05) is 57.9 Å². The molecule has 1 unspecified atom stereocenters. The number of rotatable bonds is 8. The van der Waals surface area contributed by atoms with Crippen molar-refractivity contribution >= 4 is 0 Å². The van der Waals surface area contributed by atoms with Crippen molar-refractivity contribution in [3.8, 4) is 0 Å². The summed E-state index contributed by atoms with van der Waals surface area (Å²) in [6.45, 7) is 10.3. The molecular weight excluding hydrogens is 285 g/mol. The Hall–Kier alpha value is -1.25. The first-order valence-electron chi connectivity index (χ1n) is 8.14. The molecule has 0 aliphatic heterocycles. The van der Waals surface area contributed by atoms with Crippen LogP contribution in [0.5, 0.6) is 0 Å². The second-order valence-corrected chi connectivity index (χ2v) is 6.15. The van der Waals surface area contributed by atoms with Crippen LogP contribution in [0.4, 0.5) is 13.2 Å². The number of halogens is 3. The fourth-order valence-electron chi connectivity index (χ4n) is 2.87. The lowest BCUT2D eigenvalue weighted by molar-refractivity contribution is -0.138. The summed E-state index contributed by atoms with van der Waals surface area (Å²) in [6.07, 6.45) is 0.753. The summed E-state index contributed by atoms with van der Waals surface area (Å²) >= 11 is 0. The lowest BCUT2D eigenvalue weighted by Gasteiger charge is -2.18. The molecule has 1 atom stereocenters. The largest absolute Gasteiger partial charge is 0.416 e. The topological polar surface area (TPSA) is 0 Å². The first kappa shape index (κ1) is 18.8. The van der Waals surface area contributed by atoms with E-state index < -0.39 is 11.7 Å². The molecule has 1 aromatic rings. The van der Waals surface area contributed by atoms with Gasteiger partial charge in [-0.05, 0) is 48.8 Å². The SMILES string of the molecule is C=C(CCC(C)CCC)Cc1c(CC)cccc1C(F)(F)F. The maximum atomic E-state index is 13.2. The molecular formula is C19H27F3. The third kappa shape index (κ3) is 5.51. The van der Waals surface area contributed by atoms with Crippen LogP contribution < -0.4 is 0 Å². The number of hydrogen-bond donors (Lipinski definition) is 0. The zero-order valence-corrected chi connectivity index (χ0v) is 13.9. The van der Waals surface area contributed by atoms with Crippen molar-refractivity contribution in [1.82, 2.24) is 0 Å². The van der Waals surface area contributed by atoms with Gasteiger partial charge in [-0.25, -0.2) is 0 Å². The van der Waals surface area contributed by atoms with E-state index in [1.54, 1.807) is 6.07 Å². The van der Waals surface area contributed by atoms with Crippen LogP contribution in [-0.4, -0.2) is 0 Å². The highest BCUT2D eigenvalue weighted by molar-refractivity contribution is 5.39. The molecule has 0 saturated carbocycles. The minimum Gasteiger partial charge on any atom is -0.166 e. The molecule has 0 saturated heterocycles. The van der Waals surface area contributed by atoms with Gasteiger partial charge in [0.1, 0.15) is 0 Å². The van der Waals surface area contributed by atoms with Crippen LogP contribution in [0.15, 0.2) is 30.4 Å². The van der Waals surface area contributed by atoms with Crippen molar-refractivity contribution < 1.29 is 13.2 Å². The first-order valence-corrected chi connectivity index (χ1v) is 8.14. The molecule has 22 heavy (non-hydrogen) atoms. The van der Waals surface area contributed by atoms with Crippen molar-refractivity contribution in [3.05, 3.63) is 47.0 Å². The Morgan fingerprint density at radius 2 is 1.86 bits per heavy atom. The van der Waals surface area contributed by atoms with Crippen LogP contribution in [0.25, 0.3) is 0 Å². The Balaban J connectivity index is 2.85. The van der Waals surface area contributed by atoms with Crippen molar-refractivity contribution in [2.24, 2.45) is 5.92 Å². The molecule has 3 heteroatoms. The quantitative estimate of drug-likeness (QED) is 0.475. The van der Waals surface area contributed by atoms with E-state index in [2.05, 4.69) is 20.4 Å². The smallest absolute Gasteiger partial charge is 0.166 e. The minimum atomic E-state index is -4.30. The summed E-state index contributed by atoms with van der Waals surface area (Å²) < 4.78 is 39.6. The van der Waals surface area contributed by atoms with Crippen molar-refractivity contribution in [2.75, 3.05) is 0 Å². The van der Waals surface area contributed by atoms with Gasteiger partial charge in [-0.2, -0.15) is 13.2 Å². The van der Waals surface area contributed by atoms with Gasteiger partial charge in [-0.3, -0.25) is 0 Å². The Bertz CT molecular complexity index is 486. The zero-order valence-electron chi connectivity index (χ0n) is 13.9. The van der Waals surface area contributed by atoms with Crippen LogP contribution in [-0.2, 0) is 19.0 Å². The first-order chi connectivity index (χ1) is 10.3. The van der Waals surface area contributed by atoms with Gasteiger partial charge in [0, 0.05) is 0 Å². The molecule has 0 radical (unpaired) electrons. The van der Waals surface area contributed by atoms with Crippen molar-refractivity contribution in [1.29, 1.82) is 0 Å². The fourth-order valence-corrected chi connectivity index (χ4v) is 2.87. The molecule has 0 heterocycles. The molecule has 0 amide bonds. The molecule has 1 rings (SSSR count). The Labute approximate surface area is 132 Å². The van der Waals surface area contributed by atoms with E-state index in [1.165, 1.54) is 12.1 Å². The number of allylic oxidation sites excluding steroid dienone is 1. The Morgan fingerprint density at radius 1 is 1.18 bits per heavy atom. The Morgan fingerprint density at radius 3 is 2.41 bits per heavy atom. The molecule has 0 N–H and O–H groups in total.